The van der Waals surface area contributed by atoms with Gasteiger partial charge in [0.1, 0.15) is 11.5 Å². The third-order valence-corrected chi connectivity index (χ3v) is 6.04. The van der Waals surface area contributed by atoms with Gasteiger partial charge in [-0.15, -0.1) is 0 Å². The maximum Gasteiger partial charge on any atom is 0.338 e. The Bertz CT molecular complexity index is 1420. The van der Waals surface area contributed by atoms with Crippen LogP contribution >= 0.6 is 11.8 Å². The Morgan fingerprint density at radius 2 is 1.18 bits per heavy atom. The number of benzene rings is 4. The quantitative estimate of drug-likeness (QED) is 0.134. The molecule has 164 valence electrons. The van der Waals surface area contributed by atoms with Crippen LogP contribution in [0, 0.1) is 0 Å². The van der Waals surface area contributed by atoms with E-state index in [2.05, 4.69) is 13.2 Å². The largest absolute Gasteiger partial charge is 0.422 e. The normalized spacial score (nSPS) is 10.7. The summed E-state index contributed by atoms with van der Waals surface area (Å²) in [5.41, 5.74) is 0.582. The van der Waals surface area contributed by atoms with Crippen LogP contribution in [0.5, 0.6) is 11.5 Å². The van der Waals surface area contributed by atoms with Crippen LogP contribution in [0.4, 0.5) is 0 Å². The molecule has 0 aliphatic heterocycles. The number of carbonyl (C=O) groups is 2. The van der Waals surface area contributed by atoms with Gasteiger partial charge in [0.25, 0.3) is 0 Å². The topological polar surface area (TPSA) is 52.6 Å². The molecule has 0 aliphatic rings. The van der Waals surface area contributed by atoms with Crippen molar-refractivity contribution in [2.24, 2.45) is 0 Å². The van der Waals surface area contributed by atoms with Crippen LogP contribution in [-0.4, -0.2) is 11.9 Å². The molecular weight excluding hydrogens is 432 g/mol. The van der Waals surface area contributed by atoms with Gasteiger partial charge < -0.3 is 9.47 Å². The minimum Gasteiger partial charge on any atom is -0.422 e. The minimum absolute atomic E-state index is 0.290. The molecule has 0 unspecified atom stereocenters. The van der Waals surface area contributed by atoms with Crippen molar-refractivity contribution in [2.45, 2.75) is 23.6 Å². The zero-order valence-corrected chi connectivity index (χ0v) is 19.2. The summed E-state index contributed by atoms with van der Waals surface area (Å²) in [5, 5.41) is 2.66. The lowest BCUT2D eigenvalue weighted by atomic mass is 10.0. The van der Waals surface area contributed by atoms with E-state index in [-0.39, 0.29) is 0 Å². The third kappa shape index (κ3) is 4.54. The van der Waals surface area contributed by atoms with Gasteiger partial charge in [-0.2, -0.15) is 0 Å². The molecule has 0 N–H and O–H groups in total. The molecule has 0 spiro atoms. The lowest BCUT2D eigenvalue weighted by Crippen LogP contribution is -2.11. The molecule has 4 nitrogen and oxygen atoms in total. The van der Waals surface area contributed by atoms with Gasteiger partial charge >= 0.3 is 11.9 Å². The second kappa shape index (κ2) is 9.35. The summed E-state index contributed by atoms with van der Waals surface area (Å²) in [6, 6.07) is 23.0. The Hall–Kier alpha value is -3.83. The van der Waals surface area contributed by atoms with Crippen molar-refractivity contribution in [3.63, 3.8) is 0 Å². The van der Waals surface area contributed by atoms with E-state index >= 15 is 0 Å². The first kappa shape index (κ1) is 22.4. The number of hydrogen-bond donors (Lipinski definition) is 0. The lowest BCUT2D eigenvalue weighted by molar-refractivity contribution is -0.130. The summed E-state index contributed by atoms with van der Waals surface area (Å²) in [4.78, 5) is 27.0. The van der Waals surface area contributed by atoms with E-state index in [0.717, 1.165) is 9.79 Å². The molecule has 0 aliphatic carbocycles. The summed E-state index contributed by atoms with van der Waals surface area (Å²) >= 11 is 1.54. The van der Waals surface area contributed by atoms with E-state index in [4.69, 9.17) is 9.47 Å². The zero-order chi connectivity index (χ0) is 23.5. The van der Waals surface area contributed by atoms with Gasteiger partial charge in [0.2, 0.25) is 0 Å². The number of esters is 2. The first-order valence-electron chi connectivity index (χ1n) is 10.3. The molecule has 0 aromatic heterocycles. The molecule has 4 rings (SSSR count). The molecule has 0 saturated carbocycles. The Kier molecular flexibility index (Phi) is 6.33. The highest BCUT2D eigenvalue weighted by Crippen LogP contribution is 2.47. The van der Waals surface area contributed by atoms with Gasteiger partial charge in [-0.05, 0) is 32.0 Å². The Morgan fingerprint density at radius 3 is 1.79 bits per heavy atom. The van der Waals surface area contributed by atoms with E-state index in [0.29, 0.717) is 44.2 Å². The minimum atomic E-state index is -0.521. The van der Waals surface area contributed by atoms with E-state index in [9.17, 15) is 9.59 Å². The summed E-state index contributed by atoms with van der Waals surface area (Å²) < 4.78 is 11.7. The second-order valence-corrected chi connectivity index (χ2v) is 8.75. The SMILES string of the molecule is C=C(C)C(=O)Oc1c2ccccc2c(OC(=O)C(=C)C)c2c(Sc3ccccc3)cccc12. The van der Waals surface area contributed by atoms with Crippen molar-refractivity contribution in [1.29, 1.82) is 0 Å². The fourth-order valence-electron chi connectivity index (χ4n) is 3.39. The number of rotatable bonds is 6. The Morgan fingerprint density at radius 1 is 0.667 bits per heavy atom. The van der Waals surface area contributed by atoms with Crippen molar-refractivity contribution < 1.29 is 19.1 Å². The second-order valence-electron chi connectivity index (χ2n) is 7.64. The van der Waals surface area contributed by atoms with Crippen LogP contribution in [0.3, 0.4) is 0 Å². The molecule has 0 heterocycles. The molecule has 33 heavy (non-hydrogen) atoms. The summed E-state index contributed by atoms with van der Waals surface area (Å²) in [6.07, 6.45) is 0. The van der Waals surface area contributed by atoms with E-state index in [1.807, 2.05) is 72.8 Å². The number of ether oxygens (including phenoxy) is 2. The van der Waals surface area contributed by atoms with Gasteiger partial charge in [-0.25, -0.2) is 9.59 Å². The highest BCUT2D eigenvalue weighted by atomic mass is 32.2. The molecule has 0 radical (unpaired) electrons. The van der Waals surface area contributed by atoms with Crippen LogP contribution in [-0.2, 0) is 9.59 Å². The average molecular weight is 455 g/mol. The monoisotopic (exact) mass is 454 g/mol. The molecular formula is C28H22O4S. The summed E-state index contributed by atoms with van der Waals surface area (Å²) in [6.45, 7) is 10.6. The number of hydrogen-bond acceptors (Lipinski definition) is 5. The van der Waals surface area contributed by atoms with Crippen LogP contribution in [0.1, 0.15) is 13.8 Å². The van der Waals surface area contributed by atoms with Crippen LogP contribution < -0.4 is 9.47 Å². The Balaban J connectivity index is 2.07. The Labute approximate surface area is 196 Å². The van der Waals surface area contributed by atoms with Crippen LogP contribution in [0.25, 0.3) is 21.5 Å². The van der Waals surface area contributed by atoms with Crippen molar-refractivity contribution >= 4 is 45.2 Å². The summed E-state index contributed by atoms with van der Waals surface area (Å²) in [7, 11) is 0. The summed E-state index contributed by atoms with van der Waals surface area (Å²) in [5.74, 6) is -0.233. The average Bonchev–Trinajstić information content (AvgIpc) is 2.81. The molecule has 0 fully saturated rings. The number of fused-ring (bicyclic) bond motifs is 2. The predicted octanol–water partition coefficient (Wildman–Crippen LogP) is 7.11. The molecule has 0 amide bonds. The first-order chi connectivity index (χ1) is 15.9. The van der Waals surface area contributed by atoms with Gasteiger partial charge in [-0.1, -0.05) is 79.5 Å². The van der Waals surface area contributed by atoms with Crippen molar-refractivity contribution in [3.05, 3.63) is 97.1 Å². The smallest absolute Gasteiger partial charge is 0.338 e. The van der Waals surface area contributed by atoms with Crippen molar-refractivity contribution in [3.8, 4) is 11.5 Å². The fourth-order valence-corrected chi connectivity index (χ4v) is 4.39. The fraction of sp³-hybridized carbons (Fsp3) is 0.0714. The van der Waals surface area contributed by atoms with Gasteiger partial charge in [0.05, 0.1) is 0 Å². The molecule has 0 atom stereocenters. The van der Waals surface area contributed by atoms with Crippen molar-refractivity contribution in [1.82, 2.24) is 0 Å². The van der Waals surface area contributed by atoms with Crippen molar-refractivity contribution in [2.75, 3.05) is 0 Å². The standard InChI is InChI=1S/C28H22O4S/c1-17(2)27(29)31-25-20-13-8-9-14-21(20)26(32-28(30)18(3)4)24-22(25)15-10-16-23(24)33-19-11-6-5-7-12-19/h5-16H,1,3H2,2,4H3. The van der Waals surface area contributed by atoms with Crippen LogP contribution in [0.2, 0.25) is 0 Å². The zero-order valence-electron chi connectivity index (χ0n) is 18.4. The van der Waals surface area contributed by atoms with E-state index in [1.54, 1.807) is 13.8 Å². The maximum absolute atomic E-state index is 12.6. The molecule has 4 aromatic carbocycles. The lowest BCUT2D eigenvalue weighted by Gasteiger charge is -2.18. The van der Waals surface area contributed by atoms with Gasteiger partial charge in [0.15, 0.2) is 0 Å². The van der Waals surface area contributed by atoms with E-state index < -0.39 is 11.9 Å². The molecule has 5 heteroatoms. The van der Waals surface area contributed by atoms with Crippen LogP contribution in [0.15, 0.2) is 107 Å². The third-order valence-electron chi connectivity index (χ3n) is 4.97. The number of carbonyl (C=O) groups excluding carboxylic acids is 2. The highest BCUT2D eigenvalue weighted by Gasteiger charge is 2.22. The predicted molar refractivity (Wildman–Crippen MR) is 133 cm³/mol. The molecule has 0 saturated heterocycles. The van der Waals surface area contributed by atoms with E-state index in [1.165, 1.54) is 11.8 Å². The van der Waals surface area contributed by atoms with Gasteiger partial charge in [0, 0.05) is 42.5 Å². The highest BCUT2D eigenvalue weighted by molar-refractivity contribution is 7.99. The van der Waals surface area contributed by atoms with Gasteiger partial charge in [-0.3, -0.25) is 0 Å². The molecule has 0 bridgehead atoms. The molecule has 4 aromatic rings. The maximum atomic E-state index is 12.6. The first-order valence-corrected chi connectivity index (χ1v) is 11.1.